The molecule has 0 heterocycles. The molecule has 3 rings (SSSR count). The minimum absolute atomic E-state index is 0.190. The third-order valence-corrected chi connectivity index (χ3v) is 5.15. The fourth-order valence-electron chi connectivity index (χ4n) is 2.83. The van der Waals surface area contributed by atoms with E-state index in [0.29, 0.717) is 17.7 Å². The van der Waals surface area contributed by atoms with Gasteiger partial charge < -0.3 is 9.84 Å². The second-order valence-electron chi connectivity index (χ2n) is 6.52. The third-order valence-electron chi connectivity index (χ3n) is 4.31. The fraction of sp³-hybridized carbons (Fsp3) is 0.0833. The topological polar surface area (TPSA) is 70.3 Å². The molecule has 0 atom stereocenters. The van der Waals surface area contributed by atoms with Crippen molar-refractivity contribution >= 4 is 40.2 Å². The van der Waals surface area contributed by atoms with Crippen molar-refractivity contribution in [1.29, 1.82) is 5.26 Å². The molecule has 0 aromatic heterocycles. The van der Waals surface area contributed by atoms with Crippen molar-refractivity contribution < 1.29 is 14.6 Å². The van der Waals surface area contributed by atoms with E-state index in [2.05, 4.69) is 47.7 Å². The summed E-state index contributed by atoms with van der Waals surface area (Å²) in [4.78, 5) is 11.0. The summed E-state index contributed by atoms with van der Waals surface area (Å²) in [5.41, 5.74) is 4.51. The standard InChI is InChI=1S/C24H18INO3/c1-16-3-2-4-18(11-16)15-29-23-10-5-17(13-22(23)25)12-21(14-26)19-6-8-20(9-7-19)24(27)28/h2-13H,15H2,1H3,(H,27,28)/b21-12-. The van der Waals surface area contributed by atoms with Gasteiger partial charge in [0.15, 0.2) is 0 Å². The Morgan fingerprint density at radius 3 is 2.45 bits per heavy atom. The number of allylic oxidation sites excluding steroid dienone is 1. The smallest absolute Gasteiger partial charge is 0.335 e. The molecule has 3 aromatic rings. The molecule has 0 saturated heterocycles. The molecule has 29 heavy (non-hydrogen) atoms. The molecule has 0 saturated carbocycles. The second kappa shape index (κ2) is 9.39. The van der Waals surface area contributed by atoms with Crippen LogP contribution in [0.15, 0.2) is 66.7 Å². The van der Waals surface area contributed by atoms with Gasteiger partial charge in [0.1, 0.15) is 12.4 Å². The molecule has 0 bridgehead atoms. The van der Waals surface area contributed by atoms with Gasteiger partial charge in [0.05, 0.1) is 20.8 Å². The number of aryl methyl sites for hydroxylation is 1. The maximum absolute atomic E-state index is 11.0. The molecular formula is C24H18INO3. The van der Waals surface area contributed by atoms with Crippen LogP contribution < -0.4 is 4.74 Å². The zero-order valence-electron chi connectivity index (χ0n) is 15.7. The largest absolute Gasteiger partial charge is 0.488 e. The van der Waals surface area contributed by atoms with Crippen LogP contribution in [-0.2, 0) is 6.61 Å². The maximum Gasteiger partial charge on any atom is 0.335 e. The van der Waals surface area contributed by atoms with Gasteiger partial charge in [-0.1, -0.05) is 48.0 Å². The first-order chi connectivity index (χ1) is 14.0. The van der Waals surface area contributed by atoms with Gasteiger partial charge in [-0.25, -0.2) is 4.79 Å². The zero-order chi connectivity index (χ0) is 20.8. The first-order valence-corrected chi connectivity index (χ1v) is 9.97. The summed E-state index contributed by atoms with van der Waals surface area (Å²) in [6, 6.07) is 22.4. The molecule has 3 aromatic carbocycles. The maximum atomic E-state index is 11.0. The minimum atomic E-state index is -0.991. The van der Waals surface area contributed by atoms with Crippen molar-refractivity contribution in [2.75, 3.05) is 0 Å². The average Bonchev–Trinajstić information content (AvgIpc) is 2.71. The van der Waals surface area contributed by atoms with Crippen molar-refractivity contribution in [3.05, 3.63) is 98.1 Å². The summed E-state index contributed by atoms with van der Waals surface area (Å²) >= 11 is 2.22. The molecular weight excluding hydrogens is 477 g/mol. The number of benzene rings is 3. The molecule has 5 heteroatoms. The Kier molecular flexibility index (Phi) is 6.68. The number of carboxylic acids is 1. The number of halogens is 1. The lowest BCUT2D eigenvalue weighted by Gasteiger charge is -2.10. The predicted molar refractivity (Wildman–Crippen MR) is 122 cm³/mol. The Balaban J connectivity index is 1.77. The Bertz CT molecular complexity index is 1110. The highest BCUT2D eigenvalue weighted by molar-refractivity contribution is 14.1. The van der Waals surface area contributed by atoms with E-state index in [0.717, 1.165) is 20.4 Å². The summed E-state index contributed by atoms with van der Waals surface area (Å²) in [7, 11) is 0. The number of rotatable bonds is 6. The van der Waals surface area contributed by atoms with E-state index in [4.69, 9.17) is 9.84 Å². The number of carboxylic acid groups (broad SMARTS) is 1. The molecule has 1 N–H and O–H groups in total. The lowest BCUT2D eigenvalue weighted by Crippen LogP contribution is -1.97. The molecule has 0 amide bonds. The van der Waals surface area contributed by atoms with Crippen molar-refractivity contribution in [2.45, 2.75) is 13.5 Å². The van der Waals surface area contributed by atoms with E-state index >= 15 is 0 Å². The first kappa shape index (κ1) is 20.6. The van der Waals surface area contributed by atoms with Gasteiger partial charge in [0.2, 0.25) is 0 Å². The number of hydrogen-bond donors (Lipinski definition) is 1. The lowest BCUT2D eigenvalue weighted by molar-refractivity contribution is 0.0697. The summed E-state index contributed by atoms with van der Waals surface area (Å²) in [6.45, 7) is 2.54. The number of carbonyl (C=O) groups is 1. The Morgan fingerprint density at radius 2 is 1.83 bits per heavy atom. The molecule has 0 aliphatic heterocycles. The Labute approximate surface area is 183 Å². The third kappa shape index (κ3) is 5.46. The summed E-state index contributed by atoms with van der Waals surface area (Å²) in [5, 5.41) is 18.5. The van der Waals surface area contributed by atoms with Gasteiger partial charge in [0, 0.05) is 0 Å². The van der Waals surface area contributed by atoms with Gasteiger partial charge >= 0.3 is 5.97 Å². The van der Waals surface area contributed by atoms with E-state index in [1.165, 1.54) is 17.7 Å². The van der Waals surface area contributed by atoms with Crippen LogP contribution in [0.4, 0.5) is 0 Å². The predicted octanol–water partition coefficient (Wildman–Crippen LogP) is 5.94. The van der Waals surface area contributed by atoms with Crippen LogP contribution in [-0.4, -0.2) is 11.1 Å². The monoisotopic (exact) mass is 495 g/mol. The van der Waals surface area contributed by atoms with Crippen LogP contribution in [0.25, 0.3) is 11.6 Å². The highest BCUT2D eigenvalue weighted by Crippen LogP contribution is 2.26. The zero-order valence-corrected chi connectivity index (χ0v) is 17.9. The van der Waals surface area contributed by atoms with Crippen molar-refractivity contribution in [2.24, 2.45) is 0 Å². The first-order valence-electron chi connectivity index (χ1n) is 8.89. The average molecular weight is 495 g/mol. The van der Waals surface area contributed by atoms with Crippen LogP contribution in [0.5, 0.6) is 5.75 Å². The summed E-state index contributed by atoms with van der Waals surface area (Å²) < 4.78 is 6.88. The van der Waals surface area contributed by atoms with E-state index < -0.39 is 5.97 Å². The van der Waals surface area contributed by atoms with Gasteiger partial charge in [-0.05, 0) is 76.5 Å². The normalized spacial score (nSPS) is 11.0. The lowest BCUT2D eigenvalue weighted by atomic mass is 10.0. The van der Waals surface area contributed by atoms with Crippen LogP contribution in [0, 0.1) is 21.8 Å². The number of hydrogen-bond acceptors (Lipinski definition) is 3. The molecule has 0 spiro atoms. The highest BCUT2D eigenvalue weighted by Gasteiger charge is 2.07. The number of ether oxygens (including phenoxy) is 1. The Hall–Kier alpha value is -3.11. The molecule has 144 valence electrons. The number of nitriles is 1. The van der Waals surface area contributed by atoms with Crippen LogP contribution >= 0.6 is 22.6 Å². The van der Waals surface area contributed by atoms with Crippen molar-refractivity contribution in [3.63, 3.8) is 0 Å². The fourth-order valence-corrected chi connectivity index (χ4v) is 3.52. The van der Waals surface area contributed by atoms with E-state index in [1.54, 1.807) is 18.2 Å². The van der Waals surface area contributed by atoms with Gasteiger partial charge in [-0.3, -0.25) is 0 Å². The highest BCUT2D eigenvalue weighted by atomic mass is 127. The second-order valence-corrected chi connectivity index (χ2v) is 7.68. The number of nitrogens with zero attached hydrogens (tertiary/aromatic N) is 1. The van der Waals surface area contributed by atoms with Gasteiger partial charge in [0.25, 0.3) is 0 Å². The van der Waals surface area contributed by atoms with Crippen LogP contribution in [0.2, 0.25) is 0 Å². The minimum Gasteiger partial charge on any atom is -0.488 e. The molecule has 0 radical (unpaired) electrons. The number of aromatic carboxylic acids is 1. The van der Waals surface area contributed by atoms with Crippen LogP contribution in [0.3, 0.4) is 0 Å². The van der Waals surface area contributed by atoms with Crippen molar-refractivity contribution in [3.8, 4) is 11.8 Å². The van der Waals surface area contributed by atoms with Crippen molar-refractivity contribution in [1.82, 2.24) is 0 Å². The molecule has 4 nitrogen and oxygen atoms in total. The van der Waals surface area contributed by atoms with E-state index in [9.17, 15) is 10.1 Å². The quantitative estimate of drug-likeness (QED) is 0.261. The SMILES string of the molecule is Cc1cccc(COc2ccc(/C=C(/C#N)c3ccc(C(=O)O)cc3)cc2I)c1. The molecule has 0 aliphatic rings. The van der Waals surface area contributed by atoms with E-state index in [-0.39, 0.29) is 5.56 Å². The summed E-state index contributed by atoms with van der Waals surface area (Å²) in [5.74, 6) is -0.205. The molecule has 0 fully saturated rings. The molecule has 0 unspecified atom stereocenters. The summed E-state index contributed by atoms with van der Waals surface area (Å²) in [6.07, 6.45) is 1.78. The molecule has 0 aliphatic carbocycles. The Morgan fingerprint density at radius 1 is 1.10 bits per heavy atom. The van der Waals surface area contributed by atoms with Gasteiger partial charge in [-0.2, -0.15) is 5.26 Å². The van der Waals surface area contributed by atoms with Crippen LogP contribution in [0.1, 0.15) is 32.6 Å². The van der Waals surface area contributed by atoms with Gasteiger partial charge in [-0.15, -0.1) is 0 Å². The van der Waals surface area contributed by atoms with E-state index in [1.807, 2.05) is 30.3 Å².